The third kappa shape index (κ3) is 3.99. The number of aromatic nitrogens is 3. The topological polar surface area (TPSA) is 72.6 Å². The summed E-state index contributed by atoms with van der Waals surface area (Å²) in [5.74, 6) is 0.249. The van der Waals surface area contributed by atoms with Gasteiger partial charge < -0.3 is 9.64 Å². The quantitative estimate of drug-likeness (QED) is 0.647. The fraction of sp³-hybridized carbons (Fsp3) is 0.609. The number of likely N-dealkylation sites (N-methyl/N-ethyl adjacent to an activating group) is 1. The number of nitrogens with zero attached hydrogens (tertiary/aromatic N) is 5. The fourth-order valence-electron chi connectivity index (χ4n) is 5.51. The summed E-state index contributed by atoms with van der Waals surface area (Å²) in [4.78, 5) is 33.5. The van der Waals surface area contributed by atoms with Gasteiger partial charge in [0.2, 0.25) is 5.95 Å². The van der Waals surface area contributed by atoms with E-state index in [1.165, 1.54) is 10.6 Å². The van der Waals surface area contributed by atoms with Crippen molar-refractivity contribution in [3.05, 3.63) is 56.6 Å². The average Bonchev–Trinajstić information content (AvgIpc) is 3.25. The largest absolute Gasteiger partial charge is 0.373 e. The van der Waals surface area contributed by atoms with Crippen LogP contribution in [0.4, 0.5) is 10.3 Å². The van der Waals surface area contributed by atoms with Crippen molar-refractivity contribution in [1.29, 1.82) is 0 Å². The molecule has 0 aliphatic carbocycles. The van der Waals surface area contributed by atoms with Crippen molar-refractivity contribution in [2.75, 3.05) is 25.0 Å². The highest BCUT2D eigenvalue weighted by Crippen LogP contribution is 2.37. The first-order valence-electron chi connectivity index (χ1n) is 11.5. The van der Waals surface area contributed by atoms with Crippen LogP contribution in [0, 0.1) is 5.82 Å². The van der Waals surface area contributed by atoms with Crippen LogP contribution < -0.4 is 16.3 Å². The van der Waals surface area contributed by atoms with Gasteiger partial charge in [-0.2, -0.15) is 4.98 Å². The molecule has 2 atom stereocenters. The number of hydrogen-bond acceptors (Lipinski definition) is 6. The summed E-state index contributed by atoms with van der Waals surface area (Å²) in [6, 6.07) is 7.66. The molecule has 5 rings (SSSR count). The van der Waals surface area contributed by atoms with Gasteiger partial charge in [-0.3, -0.25) is 9.47 Å². The predicted molar refractivity (Wildman–Crippen MR) is 118 cm³/mol. The molecule has 0 radical (unpaired) electrons. The van der Waals surface area contributed by atoms with E-state index in [0.717, 1.165) is 38.6 Å². The molecule has 0 N–H and O–H groups in total. The first kappa shape index (κ1) is 21.3. The number of benzene rings is 1. The van der Waals surface area contributed by atoms with Crippen LogP contribution in [-0.2, 0) is 24.4 Å². The van der Waals surface area contributed by atoms with Crippen molar-refractivity contribution < 1.29 is 9.13 Å². The van der Waals surface area contributed by atoms with E-state index in [1.54, 1.807) is 16.7 Å². The first-order valence-corrected chi connectivity index (χ1v) is 11.5. The molecule has 4 heterocycles. The van der Waals surface area contributed by atoms with Gasteiger partial charge in [0.25, 0.3) is 0 Å². The smallest absolute Gasteiger partial charge is 0.354 e. The van der Waals surface area contributed by atoms with Crippen molar-refractivity contribution in [3.63, 3.8) is 0 Å². The van der Waals surface area contributed by atoms with Crippen molar-refractivity contribution in [1.82, 2.24) is 19.0 Å². The molecule has 2 saturated heterocycles. The standard InChI is InChI=1S/C23H30FN5O3/c1-26-11-12-28-21(26)25-22(30)29(23(28)31)10-4-9-27-17-7-8-18(27)14-19(13-17)32-15-16-5-2-3-6-20(16)24/h2-3,5-6,17-19H,4,7-15H2,1H3. The minimum atomic E-state index is -0.460. The van der Waals surface area contributed by atoms with Crippen LogP contribution in [0.1, 0.15) is 37.7 Å². The Morgan fingerprint density at radius 1 is 1.09 bits per heavy atom. The molecule has 172 valence electrons. The van der Waals surface area contributed by atoms with Crippen molar-refractivity contribution in [2.45, 2.75) is 70.0 Å². The van der Waals surface area contributed by atoms with Crippen LogP contribution in [0.15, 0.2) is 33.9 Å². The van der Waals surface area contributed by atoms with Crippen LogP contribution in [-0.4, -0.2) is 57.3 Å². The van der Waals surface area contributed by atoms with E-state index >= 15 is 0 Å². The lowest BCUT2D eigenvalue weighted by Crippen LogP contribution is -2.46. The lowest BCUT2D eigenvalue weighted by molar-refractivity contribution is -0.0293. The van der Waals surface area contributed by atoms with Gasteiger partial charge in [-0.05, 0) is 38.2 Å². The number of halogens is 1. The molecule has 1 aromatic heterocycles. The molecule has 9 heteroatoms. The SMILES string of the molecule is CN1CCn2c1nc(=O)n(CCCN1C3CCC1CC(OCc1ccccc1F)C3)c2=O. The van der Waals surface area contributed by atoms with Gasteiger partial charge >= 0.3 is 11.4 Å². The number of piperidine rings is 1. The lowest BCUT2D eigenvalue weighted by Gasteiger charge is -2.38. The molecule has 2 fully saturated rings. The second-order valence-corrected chi connectivity index (χ2v) is 9.17. The van der Waals surface area contributed by atoms with Gasteiger partial charge in [0.05, 0.1) is 12.7 Å². The zero-order chi connectivity index (χ0) is 22.2. The van der Waals surface area contributed by atoms with E-state index in [-0.39, 0.29) is 17.6 Å². The minimum Gasteiger partial charge on any atom is -0.373 e. The Morgan fingerprint density at radius 3 is 2.59 bits per heavy atom. The maximum Gasteiger partial charge on any atom is 0.354 e. The monoisotopic (exact) mass is 443 g/mol. The van der Waals surface area contributed by atoms with E-state index in [9.17, 15) is 14.0 Å². The zero-order valence-electron chi connectivity index (χ0n) is 18.5. The molecule has 3 aliphatic heterocycles. The van der Waals surface area contributed by atoms with Gasteiger partial charge in [0.15, 0.2) is 0 Å². The fourth-order valence-corrected chi connectivity index (χ4v) is 5.51. The Hall–Kier alpha value is -2.52. The van der Waals surface area contributed by atoms with Gasteiger partial charge in [0, 0.05) is 50.9 Å². The molecule has 0 saturated carbocycles. The normalized spacial score (nSPS) is 24.8. The Bertz CT molecular complexity index is 1090. The van der Waals surface area contributed by atoms with Crippen LogP contribution in [0.5, 0.6) is 0 Å². The van der Waals surface area contributed by atoms with Gasteiger partial charge in [-0.15, -0.1) is 0 Å². The van der Waals surface area contributed by atoms with E-state index < -0.39 is 5.69 Å². The van der Waals surface area contributed by atoms with Gasteiger partial charge in [-0.1, -0.05) is 18.2 Å². The number of ether oxygens (including phenoxy) is 1. The number of rotatable bonds is 7. The Morgan fingerprint density at radius 2 is 1.84 bits per heavy atom. The highest BCUT2D eigenvalue weighted by atomic mass is 19.1. The van der Waals surface area contributed by atoms with Crippen molar-refractivity contribution in [2.24, 2.45) is 0 Å². The van der Waals surface area contributed by atoms with E-state index in [0.29, 0.717) is 49.8 Å². The van der Waals surface area contributed by atoms with Crippen LogP contribution in [0.3, 0.4) is 0 Å². The maximum atomic E-state index is 13.9. The Balaban J connectivity index is 1.16. The summed E-state index contributed by atoms with van der Waals surface area (Å²) in [7, 11) is 1.84. The van der Waals surface area contributed by atoms with Crippen molar-refractivity contribution in [3.8, 4) is 0 Å². The summed E-state index contributed by atoms with van der Waals surface area (Å²) in [5.41, 5.74) is -0.112. The third-order valence-electron chi connectivity index (χ3n) is 7.20. The van der Waals surface area contributed by atoms with Gasteiger partial charge in [-0.25, -0.2) is 18.5 Å². The number of anilines is 1. The minimum absolute atomic E-state index is 0.147. The summed E-state index contributed by atoms with van der Waals surface area (Å²) in [6.07, 6.45) is 5.05. The highest BCUT2D eigenvalue weighted by molar-refractivity contribution is 5.31. The van der Waals surface area contributed by atoms with E-state index in [4.69, 9.17) is 4.74 Å². The molecule has 32 heavy (non-hydrogen) atoms. The molecule has 3 aliphatic rings. The first-order chi connectivity index (χ1) is 15.5. The second kappa shape index (κ2) is 8.78. The highest BCUT2D eigenvalue weighted by Gasteiger charge is 2.40. The summed E-state index contributed by atoms with van der Waals surface area (Å²) < 4.78 is 22.8. The average molecular weight is 444 g/mol. The van der Waals surface area contributed by atoms with Gasteiger partial charge in [0.1, 0.15) is 5.82 Å². The molecule has 1 aromatic carbocycles. The maximum absolute atomic E-state index is 13.9. The summed E-state index contributed by atoms with van der Waals surface area (Å²) >= 11 is 0. The molecule has 2 aromatic rings. The van der Waals surface area contributed by atoms with Crippen LogP contribution in [0.25, 0.3) is 0 Å². The van der Waals surface area contributed by atoms with Crippen LogP contribution in [0.2, 0.25) is 0 Å². The van der Waals surface area contributed by atoms with Crippen LogP contribution >= 0.6 is 0 Å². The lowest BCUT2D eigenvalue weighted by atomic mass is 9.99. The number of fused-ring (bicyclic) bond motifs is 3. The van der Waals surface area contributed by atoms with Crippen molar-refractivity contribution >= 4 is 5.95 Å². The van der Waals surface area contributed by atoms with E-state index in [2.05, 4.69) is 9.88 Å². The molecular weight excluding hydrogens is 413 g/mol. The third-order valence-corrected chi connectivity index (χ3v) is 7.20. The Kier molecular flexibility index (Phi) is 5.86. The molecule has 2 bridgehead atoms. The predicted octanol–water partition coefficient (Wildman–Crippen LogP) is 1.60. The summed E-state index contributed by atoms with van der Waals surface area (Å²) in [6.45, 7) is 2.82. The molecule has 8 nitrogen and oxygen atoms in total. The molecular formula is C23H30FN5O3. The summed E-state index contributed by atoms with van der Waals surface area (Å²) in [5, 5.41) is 0. The Labute approximate surface area is 186 Å². The zero-order valence-corrected chi connectivity index (χ0v) is 18.5. The molecule has 0 spiro atoms. The van der Waals surface area contributed by atoms with E-state index in [1.807, 2.05) is 18.0 Å². The second-order valence-electron chi connectivity index (χ2n) is 9.17. The number of hydrogen-bond donors (Lipinski definition) is 0. The molecule has 0 amide bonds. The molecule has 2 unspecified atom stereocenters.